The molecule has 0 fully saturated rings. The molecule has 0 amide bonds. The van der Waals surface area contributed by atoms with Gasteiger partial charge in [0.15, 0.2) is 6.10 Å². The number of rotatable bonds is 48. The van der Waals surface area contributed by atoms with Crippen LogP contribution in [0.15, 0.2) is 97.2 Å². The summed E-state index contributed by atoms with van der Waals surface area (Å²) in [5, 5.41) is 0. The number of carbonyl (C=O) groups is 2. The van der Waals surface area contributed by atoms with E-state index in [0.717, 1.165) is 89.9 Å². The second-order valence-corrected chi connectivity index (χ2v) is 17.4. The first-order chi connectivity index (χ1) is 31.6. The zero-order valence-corrected chi connectivity index (χ0v) is 42.0. The standard InChI is InChI=1S/C59H100O5/c1-4-7-10-13-16-19-22-25-27-28-29-30-31-33-36-39-42-45-48-51-54-62-55-57(64-59(61)53-50-47-44-41-38-34-24-21-18-15-12-9-6-3)56-63-58(60)52-49-46-43-40-37-35-32-26-23-20-17-14-11-8-5-2/h8-9,11-12,17-18,20-21,26,32,34,37-38,40,46,49,57H,4-7,10,13-16,19,22-25,27-31,33,35-36,39,41-45,47-48,50-56H2,1-3H3/b11-8-,12-9-,20-17-,21-18-,32-26-,38-34-,40-37-,49-46-. The van der Waals surface area contributed by atoms with Crippen LogP contribution in [-0.2, 0) is 23.8 Å². The van der Waals surface area contributed by atoms with Gasteiger partial charge in [-0.3, -0.25) is 9.59 Å². The van der Waals surface area contributed by atoms with E-state index in [-0.39, 0.29) is 31.6 Å². The predicted octanol–water partition coefficient (Wildman–Crippen LogP) is 18.2. The van der Waals surface area contributed by atoms with E-state index in [1.807, 2.05) is 12.2 Å². The van der Waals surface area contributed by atoms with E-state index in [0.29, 0.717) is 13.0 Å². The highest BCUT2D eigenvalue weighted by atomic mass is 16.6. The topological polar surface area (TPSA) is 61.8 Å². The van der Waals surface area contributed by atoms with Crippen molar-refractivity contribution in [3.05, 3.63) is 97.2 Å². The van der Waals surface area contributed by atoms with E-state index in [1.165, 1.54) is 116 Å². The van der Waals surface area contributed by atoms with Crippen LogP contribution in [0.4, 0.5) is 0 Å². The lowest BCUT2D eigenvalue weighted by Crippen LogP contribution is -2.30. The third kappa shape index (κ3) is 51.5. The third-order valence-electron chi connectivity index (χ3n) is 11.1. The molecule has 0 spiro atoms. The van der Waals surface area contributed by atoms with Crippen molar-refractivity contribution in [3.8, 4) is 0 Å². The molecule has 0 bridgehead atoms. The molecule has 366 valence electrons. The summed E-state index contributed by atoms with van der Waals surface area (Å²) < 4.78 is 17.3. The molecule has 0 aromatic rings. The quantitative estimate of drug-likeness (QED) is 0.0346. The molecule has 5 nitrogen and oxygen atoms in total. The van der Waals surface area contributed by atoms with E-state index >= 15 is 0 Å². The molecule has 0 saturated heterocycles. The summed E-state index contributed by atoms with van der Waals surface area (Å²) in [5.74, 6) is -0.576. The smallest absolute Gasteiger partial charge is 0.309 e. The van der Waals surface area contributed by atoms with Crippen molar-refractivity contribution >= 4 is 11.9 Å². The minimum atomic E-state index is -0.594. The highest BCUT2D eigenvalue weighted by Crippen LogP contribution is 2.15. The van der Waals surface area contributed by atoms with Crippen molar-refractivity contribution in [2.24, 2.45) is 0 Å². The molecule has 0 aromatic heterocycles. The van der Waals surface area contributed by atoms with Gasteiger partial charge in [-0.1, -0.05) is 246 Å². The molecule has 0 heterocycles. The summed E-state index contributed by atoms with van der Waals surface area (Å²) in [6, 6.07) is 0. The third-order valence-corrected chi connectivity index (χ3v) is 11.1. The summed E-state index contributed by atoms with van der Waals surface area (Å²) in [6.45, 7) is 7.48. The molecule has 0 aliphatic carbocycles. The van der Waals surface area contributed by atoms with Crippen LogP contribution in [0.2, 0.25) is 0 Å². The fraction of sp³-hybridized carbons (Fsp3) is 0.695. The number of carbonyl (C=O) groups excluding carboxylic acids is 2. The molecule has 0 N–H and O–H groups in total. The van der Waals surface area contributed by atoms with Crippen molar-refractivity contribution in [2.45, 2.75) is 245 Å². The SMILES string of the molecule is CC/C=C\C/C=C\C/C=C\C/C=C\C/C=C\CC(=O)OCC(COCCCCCCCCCCCCCCCCCCCCCC)OC(=O)CCCCC/C=C\C/C=C\C/C=C\CC. The molecule has 0 saturated carbocycles. The Morgan fingerprint density at radius 1 is 0.375 bits per heavy atom. The van der Waals surface area contributed by atoms with Gasteiger partial charge in [-0.05, 0) is 77.0 Å². The van der Waals surface area contributed by atoms with E-state index < -0.39 is 6.10 Å². The van der Waals surface area contributed by atoms with Crippen LogP contribution in [-0.4, -0.2) is 37.9 Å². The van der Waals surface area contributed by atoms with Gasteiger partial charge in [-0.25, -0.2) is 0 Å². The molecule has 0 rings (SSSR count). The molecule has 0 aliphatic heterocycles. The van der Waals surface area contributed by atoms with Gasteiger partial charge in [0, 0.05) is 13.0 Å². The highest BCUT2D eigenvalue weighted by Gasteiger charge is 2.17. The Hall–Kier alpha value is -3.18. The zero-order chi connectivity index (χ0) is 46.3. The van der Waals surface area contributed by atoms with Gasteiger partial charge in [-0.2, -0.15) is 0 Å². The minimum Gasteiger partial charge on any atom is -0.461 e. The van der Waals surface area contributed by atoms with Crippen LogP contribution < -0.4 is 0 Å². The van der Waals surface area contributed by atoms with Crippen LogP contribution >= 0.6 is 0 Å². The van der Waals surface area contributed by atoms with Crippen molar-refractivity contribution < 1.29 is 23.8 Å². The number of esters is 2. The lowest BCUT2D eigenvalue weighted by atomic mass is 10.0. The second kappa shape index (κ2) is 54.2. The van der Waals surface area contributed by atoms with Gasteiger partial charge in [-0.15, -0.1) is 0 Å². The molecular formula is C59H100O5. The van der Waals surface area contributed by atoms with Gasteiger partial charge in [0.1, 0.15) is 6.61 Å². The maximum Gasteiger partial charge on any atom is 0.309 e. The van der Waals surface area contributed by atoms with E-state index in [1.54, 1.807) is 0 Å². The van der Waals surface area contributed by atoms with Crippen molar-refractivity contribution in [2.75, 3.05) is 19.8 Å². The van der Waals surface area contributed by atoms with Gasteiger partial charge >= 0.3 is 11.9 Å². The van der Waals surface area contributed by atoms with E-state index in [9.17, 15) is 9.59 Å². The molecular weight excluding hydrogens is 789 g/mol. The van der Waals surface area contributed by atoms with Crippen LogP contribution in [0.1, 0.15) is 239 Å². The van der Waals surface area contributed by atoms with Crippen LogP contribution in [0, 0.1) is 0 Å². The summed E-state index contributed by atoms with van der Waals surface area (Å²) in [6.07, 6.45) is 73.2. The van der Waals surface area contributed by atoms with Gasteiger partial charge in [0.25, 0.3) is 0 Å². The molecule has 5 heteroatoms. The molecule has 64 heavy (non-hydrogen) atoms. The number of ether oxygens (including phenoxy) is 3. The van der Waals surface area contributed by atoms with E-state index in [2.05, 4.69) is 106 Å². The number of allylic oxidation sites excluding steroid dienone is 15. The number of unbranched alkanes of at least 4 members (excludes halogenated alkanes) is 22. The Bertz CT molecular complexity index is 1230. The molecule has 0 aliphatic rings. The van der Waals surface area contributed by atoms with Crippen molar-refractivity contribution in [1.29, 1.82) is 0 Å². The fourth-order valence-electron chi connectivity index (χ4n) is 7.25. The lowest BCUT2D eigenvalue weighted by molar-refractivity contribution is -0.162. The average molecular weight is 889 g/mol. The summed E-state index contributed by atoms with van der Waals surface area (Å²) in [7, 11) is 0. The summed E-state index contributed by atoms with van der Waals surface area (Å²) in [4.78, 5) is 25.3. The van der Waals surface area contributed by atoms with Crippen LogP contribution in [0.3, 0.4) is 0 Å². The summed E-state index contributed by atoms with van der Waals surface area (Å²) in [5.41, 5.74) is 0. The summed E-state index contributed by atoms with van der Waals surface area (Å²) >= 11 is 0. The largest absolute Gasteiger partial charge is 0.461 e. The second-order valence-electron chi connectivity index (χ2n) is 17.4. The Labute approximate surface area is 396 Å². The minimum absolute atomic E-state index is 0.0165. The molecule has 0 radical (unpaired) electrons. The van der Waals surface area contributed by atoms with Crippen LogP contribution in [0.5, 0.6) is 0 Å². The maximum absolute atomic E-state index is 12.8. The molecule has 0 aromatic carbocycles. The van der Waals surface area contributed by atoms with Gasteiger partial charge < -0.3 is 14.2 Å². The zero-order valence-electron chi connectivity index (χ0n) is 42.0. The van der Waals surface area contributed by atoms with E-state index in [4.69, 9.17) is 14.2 Å². The first kappa shape index (κ1) is 60.8. The van der Waals surface area contributed by atoms with Gasteiger partial charge in [0.2, 0.25) is 0 Å². The number of hydrogen-bond donors (Lipinski definition) is 0. The lowest BCUT2D eigenvalue weighted by Gasteiger charge is -2.18. The first-order valence-corrected chi connectivity index (χ1v) is 26.8. The molecule has 1 unspecified atom stereocenters. The Balaban J connectivity index is 4.35. The Morgan fingerprint density at radius 3 is 1.19 bits per heavy atom. The number of hydrogen-bond acceptors (Lipinski definition) is 5. The molecule has 1 atom stereocenters. The fourth-order valence-corrected chi connectivity index (χ4v) is 7.25. The maximum atomic E-state index is 12.8. The predicted molar refractivity (Wildman–Crippen MR) is 279 cm³/mol. The Kier molecular flexibility index (Phi) is 51.5. The Morgan fingerprint density at radius 2 is 0.750 bits per heavy atom. The van der Waals surface area contributed by atoms with Crippen molar-refractivity contribution in [1.82, 2.24) is 0 Å². The normalized spacial score (nSPS) is 13.0. The van der Waals surface area contributed by atoms with Crippen LogP contribution in [0.25, 0.3) is 0 Å². The monoisotopic (exact) mass is 889 g/mol. The highest BCUT2D eigenvalue weighted by molar-refractivity contribution is 5.71. The average Bonchev–Trinajstić information content (AvgIpc) is 3.30. The van der Waals surface area contributed by atoms with Crippen molar-refractivity contribution in [3.63, 3.8) is 0 Å². The van der Waals surface area contributed by atoms with Gasteiger partial charge in [0.05, 0.1) is 13.0 Å². The first-order valence-electron chi connectivity index (χ1n) is 26.8.